The van der Waals surface area contributed by atoms with Gasteiger partial charge in [-0.05, 0) is 68.4 Å². The maximum absolute atomic E-state index is 12.8. The number of thiophene rings is 1. The van der Waals surface area contributed by atoms with Crippen molar-refractivity contribution in [3.8, 4) is 0 Å². The van der Waals surface area contributed by atoms with Crippen LogP contribution in [0.3, 0.4) is 0 Å². The molecule has 0 radical (unpaired) electrons. The zero-order valence-corrected chi connectivity index (χ0v) is 18.3. The van der Waals surface area contributed by atoms with Gasteiger partial charge < -0.3 is 10.6 Å². The zero-order chi connectivity index (χ0) is 20.8. The number of anilines is 1. The molecule has 5 nitrogen and oxygen atoms in total. The molecule has 1 unspecified atom stereocenters. The van der Waals surface area contributed by atoms with Gasteiger partial charge in [0.15, 0.2) is 0 Å². The van der Waals surface area contributed by atoms with Gasteiger partial charge >= 0.3 is 0 Å². The fourth-order valence-electron chi connectivity index (χ4n) is 4.58. The minimum absolute atomic E-state index is 0.0825. The van der Waals surface area contributed by atoms with Crippen LogP contribution in [0.4, 0.5) is 5.69 Å². The monoisotopic (exact) mass is 425 g/mol. The van der Waals surface area contributed by atoms with Gasteiger partial charge in [0.2, 0.25) is 5.91 Å². The molecule has 1 aliphatic carbocycles. The summed E-state index contributed by atoms with van der Waals surface area (Å²) in [6, 6.07) is 11.7. The van der Waals surface area contributed by atoms with Crippen LogP contribution in [0, 0.1) is 5.92 Å². The molecule has 2 aliphatic rings. The molecule has 0 spiro atoms. The van der Waals surface area contributed by atoms with Gasteiger partial charge in [0, 0.05) is 28.6 Å². The number of nitrogens with zero attached hydrogens (tertiary/aromatic N) is 1. The van der Waals surface area contributed by atoms with Crippen molar-refractivity contribution >= 4 is 28.8 Å². The highest BCUT2D eigenvalue weighted by Gasteiger charge is 2.25. The number of hydrogen-bond acceptors (Lipinski definition) is 4. The fourth-order valence-corrected chi connectivity index (χ4v) is 5.44. The topological polar surface area (TPSA) is 61.4 Å². The smallest absolute Gasteiger partial charge is 0.251 e. The second-order valence-electron chi connectivity index (χ2n) is 8.39. The highest BCUT2D eigenvalue weighted by Crippen LogP contribution is 2.28. The molecule has 1 aromatic carbocycles. The van der Waals surface area contributed by atoms with Gasteiger partial charge in [-0.3, -0.25) is 14.5 Å². The summed E-state index contributed by atoms with van der Waals surface area (Å²) in [5.74, 6) is 0.0896. The molecule has 2 fully saturated rings. The fraction of sp³-hybridized carbons (Fsp3) is 0.500. The van der Waals surface area contributed by atoms with Gasteiger partial charge in [0.1, 0.15) is 0 Å². The third-order valence-corrected chi connectivity index (χ3v) is 7.25. The Morgan fingerprint density at radius 1 is 1.03 bits per heavy atom. The van der Waals surface area contributed by atoms with Gasteiger partial charge in [-0.25, -0.2) is 0 Å². The van der Waals surface area contributed by atoms with Gasteiger partial charge in [-0.1, -0.05) is 31.4 Å². The van der Waals surface area contributed by atoms with Crippen LogP contribution in [-0.2, 0) is 4.79 Å². The molecule has 30 heavy (non-hydrogen) atoms. The predicted molar refractivity (Wildman–Crippen MR) is 122 cm³/mol. The van der Waals surface area contributed by atoms with E-state index in [1.165, 1.54) is 24.1 Å². The van der Waals surface area contributed by atoms with E-state index in [2.05, 4.69) is 33.0 Å². The average Bonchev–Trinajstić information content (AvgIpc) is 3.50. The summed E-state index contributed by atoms with van der Waals surface area (Å²) < 4.78 is 0. The average molecular weight is 426 g/mol. The molecule has 2 aromatic rings. The molecule has 2 N–H and O–H groups in total. The quantitative estimate of drug-likeness (QED) is 0.668. The normalized spacial score (nSPS) is 18.8. The number of carbonyl (C=O) groups excluding carboxylic acids is 2. The van der Waals surface area contributed by atoms with Gasteiger partial charge in [-0.15, -0.1) is 11.3 Å². The molecule has 2 heterocycles. The SMILES string of the molecule is O=C(NCC(c1cccs1)N1CCCC1)c1cccc(NC(=O)C2CCCCC2)c1. The van der Waals surface area contributed by atoms with Crippen molar-refractivity contribution in [1.82, 2.24) is 10.2 Å². The first kappa shape index (κ1) is 21.1. The van der Waals surface area contributed by atoms with Crippen LogP contribution in [0.15, 0.2) is 41.8 Å². The standard InChI is InChI=1S/C24H31N3O2S/c28-23(25-17-21(22-12-7-15-30-22)27-13-4-5-14-27)19-10-6-11-20(16-19)26-24(29)18-8-2-1-3-9-18/h6-7,10-12,15-16,18,21H,1-5,8-9,13-14,17H2,(H,25,28)(H,26,29). The molecule has 4 rings (SSSR count). The molecule has 1 aromatic heterocycles. The van der Waals surface area contributed by atoms with E-state index in [4.69, 9.17) is 0 Å². The highest BCUT2D eigenvalue weighted by atomic mass is 32.1. The number of amides is 2. The van der Waals surface area contributed by atoms with Crippen molar-refractivity contribution in [1.29, 1.82) is 0 Å². The predicted octanol–water partition coefficient (Wildman–Crippen LogP) is 4.83. The number of carbonyl (C=O) groups is 2. The number of nitrogens with one attached hydrogen (secondary N) is 2. The summed E-state index contributed by atoms with van der Waals surface area (Å²) in [6.45, 7) is 2.76. The lowest BCUT2D eigenvalue weighted by Gasteiger charge is -2.27. The maximum Gasteiger partial charge on any atom is 0.251 e. The van der Waals surface area contributed by atoms with E-state index >= 15 is 0 Å². The Bertz CT molecular complexity index is 840. The first-order valence-corrected chi connectivity index (χ1v) is 12.1. The van der Waals surface area contributed by atoms with Crippen LogP contribution in [0.5, 0.6) is 0 Å². The first-order valence-electron chi connectivity index (χ1n) is 11.2. The van der Waals surface area contributed by atoms with Gasteiger partial charge in [0.25, 0.3) is 5.91 Å². The third-order valence-electron chi connectivity index (χ3n) is 6.28. The van der Waals surface area contributed by atoms with Crippen LogP contribution in [-0.4, -0.2) is 36.3 Å². The Morgan fingerprint density at radius 2 is 1.83 bits per heavy atom. The minimum Gasteiger partial charge on any atom is -0.350 e. The molecule has 0 bridgehead atoms. The van der Waals surface area contributed by atoms with Crippen molar-refractivity contribution in [3.63, 3.8) is 0 Å². The van der Waals surface area contributed by atoms with E-state index in [1.807, 2.05) is 18.2 Å². The number of benzene rings is 1. The zero-order valence-electron chi connectivity index (χ0n) is 17.4. The van der Waals surface area contributed by atoms with Crippen molar-refractivity contribution in [2.24, 2.45) is 5.92 Å². The Labute approximate surface area is 182 Å². The molecular weight excluding hydrogens is 394 g/mol. The lowest BCUT2D eigenvalue weighted by atomic mass is 9.88. The van der Waals surface area contributed by atoms with Crippen LogP contribution in [0.25, 0.3) is 0 Å². The highest BCUT2D eigenvalue weighted by molar-refractivity contribution is 7.10. The second-order valence-corrected chi connectivity index (χ2v) is 9.37. The molecule has 1 saturated heterocycles. The lowest BCUT2D eigenvalue weighted by Crippen LogP contribution is -2.36. The third kappa shape index (κ3) is 5.29. The summed E-state index contributed by atoms with van der Waals surface area (Å²) in [5.41, 5.74) is 1.29. The number of rotatable bonds is 7. The van der Waals surface area contributed by atoms with Gasteiger partial charge in [-0.2, -0.15) is 0 Å². The largest absolute Gasteiger partial charge is 0.350 e. The van der Waals surface area contributed by atoms with E-state index in [0.717, 1.165) is 38.8 Å². The van der Waals surface area contributed by atoms with E-state index in [-0.39, 0.29) is 23.8 Å². The molecule has 6 heteroatoms. The number of likely N-dealkylation sites (tertiary alicyclic amines) is 1. The van der Waals surface area contributed by atoms with Crippen molar-refractivity contribution < 1.29 is 9.59 Å². The molecule has 1 atom stereocenters. The lowest BCUT2D eigenvalue weighted by molar-refractivity contribution is -0.120. The number of hydrogen-bond donors (Lipinski definition) is 2. The van der Waals surface area contributed by atoms with Crippen molar-refractivity contribution in [3.05, 3.63) is 52.2 Å². The van der Waals surface area contributed by atoms with E-state index < -0.39 is 0 Å². The van der Waals surface area contributed by atoms with Crippen molar-refractivity contribution in [2.75, 3.05) is 25.0 Å². The summed E-state index contributed by atoms with van der Waals surface area (Å²) in [5, 5.41) is 8.23. The van der Waals surface area contributed by atoms with E-state index in [9.17, 15) is 9.59 Å². The summed E-state index contributed by atoms with van der Waals surface area (Å²) >= 11 is 1.75. The van der Waals surface area contributed by atoms with Crippen LogP contribution in [0.2, 0.25) is 0 Å². The molecule has 160 valence electrons. The van der Waals surface area contributed by atoms with Crippen LogP contribution < -0.4 is 10.6 Å². The van der Waals surface area contributed by atoms with E-state index in [1.54, 1.807) is 17.4 Å². The first-order chi connectivity index (χ1) is 14.7. The minimum atomic E-state index is -0.0930. The van der Waals surface area contributed by atoms with Crippen molar-refractivity contribution in [2.45, 2.75) is 51.0 Å². The molecule has 2 amide bonds. The Kier molecular flexibility index (Phi) is 7.18. The van der Waals surface area contributed by atoms with Crippen LogP contribution >= 0.6 is 11.3 Å². The molecular formula is C24H31N3O2S. The summed E-state index contributed by atoms with van der Waals surface area (Å²) in [7, 11) is 0. The Balaban J connectivity index is 1.37. The van der Waals surface area contributed by atoms with Gasteiger partial charge in [0.05, 0.1) is 6.04 Å². The molecule has 1 aliphatic heterocycles. The maximum atomic E-state index is 12.8. The molecule has 1 saturated carbocycles. The van der Waals surface area contributed by atoms with E-state index in [0.29, 0.717) is 17.8 Å². The van der Waals surface area contributed by atoms with Crippen LogP contribution in [0.1, 0.15) is 66.2 Å². The summed E-state index contributed by atoms with van der Waals surface area (Å²) in [4.78, 5) is 29.1. The Hall–Kier alpha value is -2.18. The summed E-state index contributed by atoms with van der Waals surface area (Å²) in [6.07, 6.45) is 7.85. The second kappa shape index (κ2) is 10.2. The Morgan fingerprint density at radius 3 is 2.57 bits per heavy atom.